The molecule has 2 heterocycles. The van der Waals surface area contributed by atoms with E-state index in [2.05, 4.69) is 10.3 Å². The molecule has 0 saturated carbocycles. The van der Waals surface area contributed by atoms with Crippen molar-refractivity contribution in [2.75, 3.05) is 11.1 Å². The third-order valence-corrected chi connectivity index (χ3v) is 6.99. The van der Waals surface area contributed by atoms with Gasteiger partial charge < -0.3 is 10.4 Å². The van der Waals surface area contributed by atoms with Gasteiger partial charge in [-0.2, -0.15) is 35.1 Å². The van der Waals surface area contributed by atoms with Crippen LogP contribution in [0.3, 0.4) is 0 Å². The summed E-state index contributed by atoms with van der Waals surface area (Å²) < 4.78 is 128. The molecule has 0 atom stereocenters. The van der Waals surface area contributed by atoms with Crippen molar-refractivity contribution in [2.24, 2.45) is 0 Å². The van der Waals surface area contributed by atoms with E-state index in [0.29, 0.717) is 0 Å². The van der Waals surface area contributed by atoms with Gasteiger partial charge in [-0.05, 0) is 17.7 Å². The highest BCUT2D eigenvalue weighted by atomic mass is 32.2. The summed E-state index contributed by atoms with van der Waals surface area (Å²) in [7, 11) is -4.29. The lowest BCUT2D eigenvalue weighted by molar-refractivity contribution is -0.287. The predicted octanol–water partition coefficient (Wildman–Crippen LogP) is 4.92. The number of anilines is 1. The lowest BCUT2D eigenvalue weighted by Crippen LogP contribution is -2.32. The van der Waals surface area contributed by atoms with Crippen LogP contribution in [0.25, 0.3) is 0 Å². The summed E-state index contributed by atoms with van der Waals surface area (Å²) >= 11 is -0.340. The molecule has 178 valence electrons. The standard InChI is InChI=1S/C16H12F8N2O4S2/c1-2-32(29,30)9-4-8(15(19,20)21)6-26-12(9)25-5-7-3-10(31-11(7)13(27)28)14(17,18)16(22,23)24/h3-4,6H,2,5H2,1H3,(H,25,26)(H,27,28). The molecule has 0 fully saturated rings. The predicted molar refractivity (Wildman–Crippen MR) is 95.5 cm³/mol. The van der Waals surface area contributed by atoms with E-state index in [-0.39, 0.29) is 29.7 Å². The van der Waals surface area contributed by atoms with Crippen LogP contribution in [0.2, 0.25) is 0 Å². The summed E-state index contributed by atoms with van der Waals surface area (Å²) in [6.45, 7) is 0.322. The monoisotopic (exact) mass is 512 g/mol. The summed E-state index contributed by atoms with van der Waals surface area (Å²) in [6, 6.07) is 0.551. The lowest BCUT2D eigenvalue weighted by atomic mass is 10.2. The zero-order valence-electron chi connectivity index (χ0n) is 15.6. The molecule has 0 unspecified atom stereocenters. The highest BCUT2D eigenvalue weighted by Crippen LogP contribution is 2.47. The second-order valence-corrected chi connectivity index (χ2v) is 9.47. The zero-order chi connectivity index (χ0) is 24.7. The maximum Gasteiger partial charge on any atom is 0.458 e. The quantitative estimate of drug-likeness (QED) is 0.512. The molecule has 0 bridgehead atoms. The van der Waals surface area contributed by atoms with E-state index in [1.807, 2.05) is 0 Å². The Kier molecular flexibility index (Phi) is 6.81. The third kappa shape index (κ3) is 5.11. The van der Waals surface area contributed by atoms with E-state index in [4.69, 9.17) is 5.11 Å². The van der Waals surface area contributed by atoms with Crippen LogP contribution in [0, 0.1) is 0 Å². The number of pyridine rings is 1. The first-order chi connectivity index (χ1) is 14.4. The van der Waals surface area contributed by atoms with E-state index in [9.17, 15) is 48.3 Å². The van der Waals surface area contributed by atoms with Crippen LogP contribution in [-0.4, -0.2) is 36.4 Å². The number of nitrogens with one attached hydrogen (secondary N) is 1. The molecule has 32 heavy (non-hydrogen) atoms. The molecule has 2 N–H and O–H groups in total. The van der Waals surface area contributed by atoms with Crippen molar-refractivity contribution in [2.45, 2.75) is 36.6 Å². The van der Waals surface area contributed by atoms with Gasteiger partial charge in [-0.15, -0.1) is 11.3 Å². The van der Waals surface area contributed by atoms with E-state index in [0.717, 1.165) is 6.92 Å². The normalized spacial score (nSPS) is 13.3. The molecule has 2 aromatic heterocycles. The van der Waals surface area contributed by atoms with E-state index >= 15 is 0 Å². The van der Waals surface area contributed by atoms with E-state index < -0.39 is 78.0 Å². The molecule has 0 spiro atoms. The Morgan fingerprint density at radius 3 is 2.19 bits per heavy atom. The molecular weight excluding hydrogens is 500 g/mol. The van der Waals surface area contributed by atoms with Crippen LogP contribution in [0.5, 0.6) is 0 Å². The molecule has 0 amide bonds. The second kappa shape index (κ2) is 8.46. The summed E-state index contributed by atoms with van der Waals surface area (Å²) in [5.41, 5.74) is -1.98. The van der Waals surface area contributed by atoms with Gasteiger partial charge in [0.2, 0.25) is 0 Å². The number of alkyl halides is 8. The molecular formula is C16H12F8N2O4S2. The minimum Gasteiger partial charge on any atom is -0.477 e. The van der Waals surface area contributed by atoms with Crippen molar-refractivity contribution in [3.63, 3.8) is 0 Å². The van der Waals surface area contributed by atoms with Crippen LogP contribution in [0.15, 0.2) is 23.2 Å². The molecule has 16 heteroatoms. The molecule has 0 aliphatic heterocycles. The van der Waals surface area contributed by atoms with Crippen LogP contribution in [0.1, 0.15) is 32.6 Å². The van der Waals surface area contributed by atoms with Crippen molar-refractivity contribution in [1.82, 2.24) is 4.98 Å². The number of aromatic nitrogens is 1. The molecule has 2 rings (SSSR count). The number of hydrogen-bond donors (Lipinski definition) is 2. The third-order valence-electron chi connectivity index (χ3n) is 4.01. The molecule has 0 aliphatic carbocycles. The number of carboxylic acid groups (broad SMARTS) is 1. The van der Waals surface area contributed by atoms with E-state index in [1.54, 1.807) is 0 Å². The number of rotatable bonds is 7. The summed E-state index contributed by atoms with van der Waals surface area (Å²) in [5.74, 6) is -8.49. The first-order valence-corrected chi connectivity index (χ1v) is 10.7. The highest BCUT2D eigenvalue weighted by molar-refractivity contribution is 7.91. The number of carboxylic acids is 1. The fourth-order valence-corrected chi connectivity index (χ4v) is 4.39. The Hall–Kier alpha value is -2.49. The number of halogens is 8. The van der Waals surface area contributed by atoms with Gasteiger partial charge in [0.15, 0.2) is 9.84 Å². The lowest BCUT2D eigenvalue weighted by Gasteiger charge is -2.17. The van der Waals surface area contributed by atoms with Crippen molar-refractivity contribution < 1.29 is 53.4 Å². The molecule has 0 saturated heterocycles. The van der Waals surface area contributed by atoms with Gasteiger partial charge in [-0.25, -0.2) is 18.2 Å². The highest BCUT2D eigenvalue weighted by Gasteiger charge is 2.60. The Balaban J connectivity index is 2.49. The molecule has 0 aliphatic rings. The van der Waals surface area contributed by atoms with Gasteiger partial charge >= 0.3 is 24.2 Å². The Bertz CT molecular complexity index is 1120. The SMILES string of the molecule is CCS(=O)(=O)c1cc(C(F)(F)F)cnc1NCc1cc(C(F)(F)C(F)(F)F)sc1C(=O)O. The number of thiophene rings is 1. The molecule has 0 aromatic carbocycles. The van der Waals surface area contributed by atoms with Gasteiger partial charge in [0.05, 0.1) is 16.2 Å². The molecule has 0 radical (unpaired) electrons. The maximum atomic E-state index is 13.6. The fourth-order valence-electron chi connectivity index (χ4n) is 2.34. The minimum atomic E-state index is -6.00. The van der Waals surface area contributed by atoms with Gasteiger partial charge in [0.1, 0.15) is 15.6 Å². The zero-order valence-corrected chi connectivity index (χ0v) is 17.2. The van der Waals surface area contributed by atoms with Gasteiger partial charge in [0.25, 0.3) is 0 Å². The average molecular weight is 512 g/mol. The van der Waals surface area contributed by atoms with Crippen LogP contribution in [-0.2, 0) is 28.5 Å². The summed E-state index contributed by atoms with van der Waals surface area (Å²) in [6.07, 6.45) is -10.7. The summed E-state index contributed by atoms with van der Waals surface area (Å²) in [4.78, 5) is 11.2. The Morgan fingerprint density at radius 1 is 1.12 bits per heavy atom. The van der Waals surface area contributed by atoms with Crippen LogP contribution >= 0.6 is 11.3 Å². The number of nitrogens with zero attached hydrogens (tertiary/aromatic N) is 1. The number of aromatic carboxylic acids is 1. The minimum absolute atomic E-state index is 0.271. The summed E-state index contributed by atoms with van der Waals surface area (Å²) in [5, 5.41) is 11.3. The molecule has 6 nitrogen and oxygen atoms in total. The Morgan fingerprint density at radius 2 is 1.72 bits per heavy atom. The largest absolute Gasteiger partial charge is 0.477 e. The second-order valence-electron chi connectivity index (χ2n) is 6.17. The number of sulfone groups is 1. The average Bonchev–Trinajstić information content (AvgIpc) is 3.09. The van der Waals surface area contributed by atoms with E-state index in [1.165, 1.54) is 0 Å². The van der Waals surface area contributed by atoms with Crippen molar-refractivity contribution in [3.8, 4) is 0 Å². The first kappa shape index (κ1) is 25.8. The maximum absolute atomic E-state index is 13.6. The number of hydrogen-bond acceptors (Lipinski definition) is 6. The molecule has 2 aromatic rings. The van der Waals surface area contributed by atoms with Crippen LogP contribution < -0.4 is 5.32 Å². The van der Waals surface area contributed by atoms with Crippen molar-refractivity contribution >= 4 is 33.0 Å². The van der Waals surface area contributed by atoms with Crippen LogP contribution in [0.4, 0.5) is 40.9 Å². The smallest absolute Gasteiger partial charge is 0.458 e. The topological polar surface area (TPSA) is 96.4 Å². The number of carbonyl (C=O) groups is 1. The first-order valence-electron chi connectivity index (χ1n) is 8.26. The van der Waals surface area contributed by atoms with Gasteiger partial charge in [-0.1, -0.05) is 6.92 Å². The Labute approximate surface area is 178 Å². The van der Waals surface area contributed by atoms with Crippen molar-refractivity contribution in [3.05, 3.63) is 39.2 Å². The van der Waals surface area contributed by atoms with Crippen molar-refractivity contribution in [1.29, 1.82) is 0 Å². The fraction of sp³-hybridized carbons (Fsp3) is 0.375. The van der Waals surface area contributed by atoms with Gasteiger partial charge in [-0.3, -0.25) is 0 Å². The van der Waals surface area contributed by atoms with Gasteiger partial charge in [0, 0.05) is 12.7 Å².